The summed E-state index contributed by atoms with van der Waals surface area (Å²) < 4.78 is 1.88. The van der Waals surface area contributed by atoms with Crippen LogP contribution in [0, 0.1) is 6.92 Å². The molecule has 0 aliphatic carbocycles. The first kappa shape index (κ1) is 19.2. The fourth-order valence-electron chi connectivity index (χ4n) is 4.75. The Labute approximate surface area is 177 Å². The highest BCUT2D eigenvalue weighted by Crippen LogP contribution is 2.33. The van der Waals surface area contributed by atoms with Gasteiger partial charge in [0.05, 0.1) is 23.4 Å². The Bertz CT molecular complexity index is 1200. The average molecular weight is 401 g/mol. The first-order valence-electron chi connectivity index (χ1n) is 10.7. The minimum absolute atomic E-state index is 0.0876. The lowest BCUT2D eigenvalue weighted by molar-refractivity contribution is 0.148. The van der Waals surface area contributed by atoms with Gasteiger partial charge in [0.25, 0.3) is 5.56 Å². The minimum Gasteiger partial charge on any atom is -0.304 e. The predicted molar refractivity (Wildman–Crippen MR) is 122 cm³/mol. The molecule has 30 heavy (non-hydrogen) atoms. The van der Waals surface area contributed by atoms with E-state index in [1.54, 1.807) is 6.08 Å². The summed E-state index contributed by atoms with van der Waals surface area (Å²) in [6.45, 7) is 11.8. The van der Waals surface area contributed by atoms with E-state index in [0.717, 1.165) is 66.3 Å². The van der Waals surface area contributed by atoms with Crippen LogP contribution in [-0.4, -0.2) is 52.6 Å². The van der Waals surface area contributed by atoms with E-state index >= 15 is 0 Å². The summed E-state index contributed by atoms with van der Waals surface area (Å²) in [4.78, 5) is 23.0. The van der Waals surface area contributed by atoms with Crippen LogP contribution < -0.4 is 5.56 Å². The van der Waals surface area contributed by atoms with Crippen LogP contribution in [0.3, 0.4) is 0 Å². The molecule has 3 aromatic rings. The van der Waals surface area contributed by atoms with E-state index in [1.165, 1.54) is 10.9 Å². The third kappa shape index (κ3) is 3.18. The van der Waals surface area contributed by atoms with E-state index in [2.05, 4.69) is 53.8 Å². The number of hydrogen-bond donors (Lipinski definition) is 0. The Morgan fingerprint density at radius 3 is 2.73 bits per heavy atom. The van der Waals surface area contributed by atoms with Crippen molar-refractivity contribution in [2.24, 2.45) is 0 Å². The molecule has 5 heteroatoms. The fraction of sp³-hybridized carbons (Fsp3) is 0.360. The minimum atomic E-state index is 0.0876. The van der Waals surface area contributed by atoms with Crippen molar-refractivity contribution in [2.45, 2.75) is 26.4 Å². The summed E-state index contributed by atoms with van der Waals surface area (Å²) in [5, 5.41) is 1.21. The van der Waals surface area contributed by atoms with Crippen LogP contribution in [0.25, 0.3) is 22.3 Å². The van der Waals surface area contributed by atoms with Gasteiger partial charge >= 0.3 is 0 Å². The molecular formula is C25H28N4O. The molecule has 0 unspecified atom stereocenters. The molecule has 5 rings (SSSR count). The van der Waals surface area contributed by atoms with Crippen LogP contribution in [0.4, 0.5) is 0 Å². The topological polar surface area (TPSA) is 41.4 Å². The Morgan fingerprint density at radius 2 is 1.97 bits per heavy atom. The van der Waals surface area contributed by atoms with Crippen LogP contribution in [-0.2, 0) is 19.5 Å². The first-order chi connectivity index (χ1) is 14.5. The highest BCUT2D eigenvalue weighted by atomic mass is 16.1. The molecule has 2 aliphatic heterocycles. The number of benzene rings is 1. The number of piperazine rings is 1. The summed E-state index contributed by atoms with van der Waals surface area (Å²) in [5.74, 6) is 0. The van der Waals surface area contributed by atoms with Gasteiger partial charge in [-0.3, -0.25) is 9.69 Å². The van der Waals surface area contributed by atoms with E-state index in [9.17, 15) is 4.79 Å². The molecule has 2 aliphatic rings. The number of rotatable bonds is 4. The Balaban J connectivity index is 1.55. The Kier molecular flexibility index (Phi) is 4.80. The van der Waals surface area contributed by atoms with Crippen LogP contribution in [0.1, 0.15) is 22.3 Å². The van der Waals surface area contributed by atoms with Gasteiger partial charge in [-0.15, -0.1) is 6.58 Å². The third-order valence-electron chi connectivity index (χ3n) is 6.56. The average Bonchev–Trinajstić information content (AvgIpc) is 3.09. The molecule has 0 amide bonds. The zero-order valence-electron chi connectivity index (χ0n) is 17.8. The van der Waals surface area contributed by atoms with Gasteiger partial charge in [0, 0.05) is 49.2 Å². The molecule has 1 aromatic carbocycles. The summed E-state index contributed by atoms with van der Waals surface area (Å²) in [6.07, 6.45) is 2.40. The van der Waals surface area contributed by atoms with Gasteiger partial charge in [0.1, 0.15) is 0 Å². The lowest BCUT2D eigenvalue weighted by atomic mass is 10.0. The summed E-state index contributed by atoms with van der Waals surface area (Å²) in [6, 6.07) is 10.8. The number of pyridine rings is 2. The number of fused-ring (bicyclic) bond motifs is 4. The second-order valence-electron chi connectivity index (χ2n) is 8.63. The van der Waals surface area contributed by atoms with Crippen molar-refractivity contribution in [3.05, 3.63) is 75.6 Å². The van der Waals surface area contributed by atoms with Crippen LogP contribution in [0.2, 0.25) is 0 Å². The van der Waals surface area contributed by atoms with Crippen LogP contribution >= 0.6 is 0 Å². The zero-order chi connectivity index (χ0) is 20.8. The van der Waals surface area contributed by atoms with Gasteiger partial charge in [-0.2, -0.15) is 0 Å². The predicted octanol–water partition coefficient (Wildman–Crippen LogP) is 3.21. The van der Waals surface area contributed by atoms with Crippen molar-refractivity contribution in [3.63, 3.8) is 0 Å². The highest BCUT2D eigenvalue weighted by Gasteiger charge is 2.24. The SMILES string of the molecule is C=CCc1c(C)cc2n(c1=O)Cc1cc3c(CN4CCN(C)CC4)cccc3nc1-2. The summed E-state index contributed by atoms with van der Waals surface area (Å²) >= 11 is 0. The molecule has 0 saturated carbocycles. The number of aromatic nitrogens is 2. The molecule has 0 N–H and O–H groups in total. The van der Waals surface area contributed by atoms with Gasteiger partial charge in [-0.1, -0.05) is 18.2 Å². The van der Waals surface area contributed by atoms with E-state index in [-0.39, 0.29) is 5.56 Å². The normalized spacial score (nSPS) is 16.6. The van der Waals surface area contributed by atoms with E-state index in [1.807, 2.05) is 11.5 Å². The summed E-state index contributed by atoms with van der Waals surface area (Å²) in [5.41, 5.74) is 7.29. The largest absolute Gasteiger partial charge is 0.304 e. The molecule has 1 saturated heterocycles. The molecular weight excluding hydrogens is 372 g/mol. The fourth-order valence-corrected chi connectivity index (χ4v) is 4.75. The van der Waals surface area contributed by atoms with Gasteiger partial charge < -0.3 is 9.47 Å². The van der Waals surface area contributed by atoms with Crippen LogP contribution in [0.15, 0.2) is 47.8 Å². The quantitative estimate of drug-likeness (QED) is 0.493. The Hall–Kier alpha value is -2.76. The lowest BCUT2D eigenvalue weighted by Crippen LogP contribution is -2.43. The number of allylic oxidation sites excluding steroid dienone is 1. The molecule has 2 aromatic heterocycles. The van der Waals surface area contributed by atoms with Crippen molar-refractivity contribution < 1.29 is 0 Å². The molecule has 0 bridgehead atoms. The maximum absolute atomic E-state index is 13.1. The number of nitrogens with zero attached hydrogens (tertiary/aromatic N) is 4. The van der Waals surface area contributed by atoms with E-state index in [4.69, 9.17) is 4.98 Å². The van der Waals surface area contributed by atoms with Gasteiger partial charge in [-0.05, 0) is 49.7 Å². The maximum atomic E-state index is 13.1. The molecule has 0 radical (unpaired) electrons. The van der Waals surface area contributed by atoms with Crippen molar-refractivity contribution in [1.82, 2.24) is 19.4 Å². The number of likely N-dealkylation sites (N-methyl/N-ethyl adjacent to an activating group) is 1. The first-order valence-corrected chi connectivity index (χ1v) is 10.7. The zero-order valence-corrected chi connectivity index (χ0v) is 17.8. The molecule has 0 atom stereocenters. The van der Waals surface area contributed by atoms with Crippen molar-refractivity contribution >= 4 is 10.9 Å². The van der Waals surface area contributed by atoms with Crippen molar-refractivity contribution in [2.75, 3.05) is 33.2 Å². The lowest BCUT2D eigenvalue weighted by Gasteiger charge is -2.32. The van der Waals surface area contributed by atoms with Gasteiger partial charge in [-0.25, -0.2) is 4.98 Å². The van der Waals surface area contributed by atoms with Gasteiger partial charge in [0.15, 0.2) is 0 Å². The molecule has 5 nitrogen and oxygen atoms in total. The van der Waals surface area contributed by atoms with Crippen LogP contribution in [0.5, 0.6) is 0 Å². The second kappa shape index (κ2) is 7.49. The number of hydrogen-bond acceptors (Lipinski definition) is 4. The van der Waals surface area contributed by atoms with Crippen molar-refractivity contribution in [3.8, 4) is 11.4 Å². The molecule has 154 valence electrons. The van der Waals surface area contributed by atoms with E-state index < -0.39 is 0 Å². The second-order valence-corrected chi connectivity index (χ2v) is 8.63. The summed E-state index contributed by atoms with van der Waals surface area (Å²) in [7, 11) is 2.18. The van der Waals surface area contributed by atoms with Gasteiger partial charge in [0.2, 0.25) is 0 Å². The Morgan fingerprint density at radius 1 is 1.17 bits per heavy atom. The molecule has 4 heterocycles. The molecule has 1 fully saturated rings. The third-order valence-corrected chi connectivity index (χ3v) is 6.56. The standard InChI is InChI=1S/C25H28N4O/c1-4-6-20-17(2)13-23-24-19(16-29(23)25(20)30)14-21-18(7-5-8-22(21)26-24)15-28-11-9-27(3)10-12-28/h4-5,7-8,13-14H,1,6,9-12,15-16H2,2-3H3. The smallest absolute Gasteiger partial charge is 0.255 e. The van der Waals surface area contributed by atoms with E-state index in [0.29, 0.717) is 13.0 Å². The highest BCUT2D eigenvalue weighted by molar-refractivity contribution is 5.86. The monoisotopic (exact) mass is 400 g/mol. The number of aryl methyl sites for hydroxylation is 1. The van der Waals surface area contributed by atoms with Crippen molar-refractivity contribution in [1.29, 1.82) is 0 Å². The maximum Gasteiger partial charge on any atom is 0.255 e. The molecule has 0 spiro atoms.